The molecule has 5 aromatic carbocycles. The minimum absolute atomic E-state index is 0.153. The number of hydrogen-bond acceptors (Lipinski definition) is 2. The summed E-state index contributed by atoms with van der Waals surface area (Å²) in [6.07, 6.45) is 16.7. The van der Waals surface area contributed by atoms with Gasteiger partial charge in [-0.25, -0.2) is 0 Å². The Morgan fingerprint density at radius 3 is 1.94 bits per heavy atom. The van der Waals surface area contributed by atoms with Crippen LogP contribution in [-0.4, -0.2) is 0 Å². The van der Waals surface area contributed by atoms with Crippen molar-refractivity contribution in [2.24, 2.45) is 5.92 Å². The van der Waals surface area contributed by atoms with Crippen molar-refractivity contribution in [3.8, 4) is 0 Å². The van der Waals surface area contributed by atoms with E-state index < -0.39 is 0 Å². The number of allylic oxidation sites excluding steroid dienone is 8. The molecule has 246 valence electrons. The molecule has 0 bridgehead atoms. The normalized spacial score (nSPS) is 16.8. The fraction of sp³-hybridized carbons (Fsp3) is 0.234. The zero-order chi connectivity index (χ0) is 34.0. The molecular formula is C47H48N2. The zero-order valence-corrected chi connectivity index (χ0v) is 29.6. The molecule has 0 heterocycles. The van der Waals surface area contributed by atoms with Crippen LogP contribution in [0.15, 0.2) is 169 Å². The predicted molar refractivity (Wildman–Crippen MR) is 211 cm³/mol. The van der Waals surface area contributed by atoms with Crippen molar-refractivity contribution in [2.45, 2.75) is 64.8 Å². The van der Waals surface area contributed by atoms with Gasteiger partial charge in [0.15, 0.2) is 0 Å². The second-order valence-electron chi connectivity index (χ2n) is 14.4. The lowest BCUT2D eigenvalue weighted by molar-refractivity contribution is 0.437. The van der Waals surface area contributed by atoms with Crippen molar-refractivity contribution in [1.29, 1.82) is 0 Å². The summed E-state index contributed by atoms with van der Waals surface area (Å²) in [5.41, 5.74) is 10.00. The van der Waals surface area contributed by atoms with Crippen LogP contribution in [-0.2, 0) is 11.0 Å². The first-order valence-electron chi connectivity index (χ1n) is 17.9. The van der Waals surface area contributed by atoms with Crippen molar-refractivity contribution in [2.75, 3.05) is 9.80 Å². The van der Waals surface area contributed by atoms with Crippen LogP contribution < -0.4 is 9.80 Å². The van der Waals surface area contributed by atoms with Gasteiger partial charge in [-0.05, 0) is 114 Å². The third-order valence-electron chi connectivity index (χ3n) is 11.1. The van der Waals surface area contributed by atoms with E-state index in [1.54, 1.807) is 0 Å². The fourth-order valence-corrected chi connectivity index (χ4v) is 7.45. The molecule has 49 heavy (non-hydrogen) atoms. The van der Waals surface area contributed by atoms with Crippen LogP contribution in [0.25, 0.3) is 10.8 Å². The van der Waals surface area contributed by atoms with E-state index in [0.29, 0.717) is 5.92 Å². The maximum Gasteiger partial charge on any atom is 0.0668 e. The smallest absolute Gasteiger partial charge is 0.0668 e. The molecule has 5 aromatic rings. The molecule has 0 N–H and O–H groups in total. The van der Waals surface area contributed by atoms with Crippen molar-refractivity contribution < 1.29 is 0 Å². The van der Waals surface area contributed by atoms with Gasteiger partial charge in [-0.3, -0.25) is 0 Å². The first-order valence-corrected chi connectivity index (χ1v) is 17.9. The quantitative estimate of drug-likeness (QED) is 0.150. The van der Waals surface area contributed by atoms with Gasteiger partial charge in [0.05, 0.1) is 5.54 Å². The van der Waals surface area contributed by atoms with E-state index in [1.165, 1.54) is 38.9 Å². The summed E-state index contributed by atoms with van der Waals surface area (Å²) >= 11 is 0. The van der Waals surface area contributed by atoms with Gasteiger partial charge in [0.25, 0.3) is 0 Å². The summed E-state index contributed by atoms with van der Waals surface area (Å²) in [6.45, 7) is 11.7. The molecule has 2 nitrogen and oxygen atoms in total. The van der Waals surface area contributed by atoms with E-state index in [2.05, 4.69) is 202 Å². The van der Waals surface area contributed by atoms with Gasteiger partial charge in [-0.15, -0.1) is 0 Å². The standard InChI is InChI=1S/C47H48N2/c1-6-46(3,4)39-23-25-40(26-24-39)47(5,7-2)49(45-28-22-36-16-12-14-18-38(36)34-45)43-31-29-42(30-32-43)48(41-19-9-8-10-20-41)44-27-21-35-15-11-13-17-37(35)33-44/h8-33,38H,6-7,34H2,1-5H3. The molecule has 2 aliphatic carbocycles. The van der Waals surface area contributed by atoms with Crippen LogP contribution in [0.5, 0.6) is 0 Å². The van der Waals surface area contributed by atoms with Gasteiger partial charge >= 0.3 is 0 Å². The summed E-state index contributed by atoms with van der Waals surface area (Å²) in [5.74, 6) is 0.391. The fourth-order valence-electron chi connectivity index (χ4n) is 7.45. The number of anilines is 4. The molecule has 0 spiro atoms. The molecule has 0 aliphatic heterocycles. The Bertz CT molecular complexity index is 2040. The van der Waals surface area contributed by atoms with Crippen LogP contribution >= 0.6 is 0 Å². The van der Waals surface area contributed by atoms with Crippen molar-refractivity contribution in [3.63, 3.8) is 0 Å². The van der Waals surface area contributed by atoms with Crippen LogP contribution in [0.1, 0.15) is 65.0 Å². The summed E-state index contributed by atoms with van der Waals surface area (Å²) in [7, 11) is 0. The lowest BCUT2D eigenvalue weighted by Gasteiger charge is -2.46. The number of fused-ring (bicyclic) bond motifs is 2. The first kappa shape index (κ1) is 32.5. The summed E-state index contributed by atoms with van der Waals surface area (Å²) in [4.78, 5) is 4.99. The Morgan fingerprint density at radius 1 is 0.592 bits per heavy atom. The van der Waals surface area contributed by atoms with E-state index in [-0.39, 0.29) is 11.0 Å². The molecule has 7 rings (SSSR count). The monoisotopic (exact) mass is 640 g/mol. The Kier molecular flexibility index (Phi) is 8.90. The molecule has 0 saturated heterocycles. The van der Waals surface area contributed by atoms with E-state index in [9.17, 15) is 0 Å². The van der Waals surface area contributed by atoms with Gasteiger partial charge in [0.1, 0.15) is 0 Å². The highest BCUT2D eigenvalue weighted by Crippen LogP contribution is 2.45. The number of para-hydroxylation sites is 1. The van der Waals surface area contributed by atoms with E-state index in [4.69, 9.17) is 0 Å². The summed E-state index contributed by atoms with van der Waals surface area (Å²) in [5, 5.41) is 2.48. The predicted octanol–water partition coefficient (Wildman–Crippen LogP) is 13.1. The lowest BCUT2D eigenvalue weighted by atomic mass is 9.79. The zero-order valence-electron chi connectivity index (χ0n) is 29.6. The van der Waals surface area contributed by atoms with Gasteiger partial charge in [-0.1, -0.05) is 131 Å². The molecule has 0 aromatic heterocycles. The van der Waals surface area contributed by atoms with E-state index >= 15 is 0 Å². The van der Waals surface area contributed by atoms with Gasteiger partial charge in [-0.2, -0.15) is 0 Å². The topological polar surface area (TPSA) is 6.48 Å². The Labute approximate surface area is 293 Å². The van der Waals surface area contributed by atoms with Crippen LogP contribution in [0, 0.1) is 5.92 Å². The Morgan fingerprint density at radius 2 is 1.22 bits per heavy atom. The third kappa shape index (κ3) is 6.29. The SMILES string of the molecule is CCC(C)(C)c1ccc(C(C)(CC)N(C2=CC=C3C=CC=CC3C2)c2ccc(N(c3ccccc3)c3ccc4ccccc4c3)cc2)cc1. The highest BCUT2D eigenvalue weighted by molar-refractivity contribution is 5.89. The maximum atomic E-state index is 2.62. The molecule has 0 fully saturated rings. The van der Waals surface area contributed by atoms with Gasteiger partial charge < -0.3 is 9.80 Å². The lowest BCUT2D eigenvalue weighted by Crippen LogP contribution is -2.44. The molecule has 0 radical (unpaired) electrons. The summed E-state index contributed by atoms with van der Waals surface area (Å²) < 4.78 is 0. The highest BCUT2D eigenvalue weighted by atomic mass is 15.2. The highest BCUT2D eigenvalue weighted by Gasteiger charge is 2.36. The Hall–Kier alpha value is -5.08. The van der Waals surface area contributed by atoms with Crippen LogP contribution in [0.3, 0.4) is 0 Å². The second kappa shape index (κ2) is 13.4. The maximum absolute atomic E-state index is 2.62. The first-order chi connectivity index (χ1) is 23.8. The number of hydrogen-bond donors (Lipinski definition) is 0. The number of rotatable bonds is 10. The molecular weight excluding hydrogens is 593 g/mol. The minimum atomic E-state index is -0.251. The largest absolute Gasteiger partial charge is 0.335 e. The molecule has 2 unspecified atom stereocenters. The summed E-state index contributed by atoms with van der Waals surface area (Å²) in [6, 6.07) is 44.7. The van der Waals surface area contributed by atoms with Crippen molar-refractivity contribution in [3.05, 3.63) is 180 Å². The molecule has 2 atom stereocenters. The second-order valence-corrected chi connectivity index (χ2v) is 14.4. The number of nitrogens with zero attached hydrogens (tertiary/aromatic N) is 2. The third-order valence-corrected chi connectivity index (χ3v) is 11.1. The van der Waals surface area contributed by atoms with E-state index in [1.807, 2.05) is 0 Å². The van der Waals surface area contributed by atoms with Crippen molar-refractivity contribution >= 4 is 33.5 Å². The average Bonchev–Trinajstić information content (AvgIpc) is 3.16. The van der Waals surface area contributed by atoms with E-state index in [0.717, 1.165) is 36.3 Å². The van der Waals surface area contributed by atoms with Crippen molar-refractivity contribution in [1.82, 2.24) is 0 Å². The average molecular weight is 641 g/mol. The Balaban J connectivity index is 1.33. The van der Waals surface area contributed by atoms with Crippen LogP contribution in [0.2, 0.25) is 0 Å². The van der Waals surface area contributed by atoms with Gasteiger partial charge in [0.2, 0.25) is 0 Å². The molecule has 0 amide bonds. The molecule has 2 heteroatoms. The minimum Gasteiger partial charge on any atom is -0.335 e. The van der Waals surface area contributed by atoms with Gasteiger partial charge in [0, 0.05) is 34.4 Å². The van der Waals surface area contributed by atoms with Crippen LogP contribution in [0.4, 0.5) is 22.7 Å². The number of benzene rings is 5. The molecule has 2 aliphatic rings. The molecule has 0 saturated carbocycles.